The Morgan fingerprint density at radius 2 is 2.14 bits per heavy atom. The smallest absolute Gasteiger partial charge is 0.227 e. The van der Waals surface area contributed by atoms with Crippen molar-refractivity contribution >= 4 is 23.2 Å². The molecule has 2 aliphatic heterocycles. The summed E-state index contributed by atoms with van der Waals surface area (Å²) in [6.07, 6.45) is 3.32. The van der Waals surface area contributed by atoms with E-state index in [2.05, 4.69) is 4.98 Å². The van der Waals surface area contributed by atoms with Gasteiger partial charge in [0.2, 0.25) is 5.91 Å². The van der Waals surface area contributed by atoms with Crippen LogP contribution in [0.25, 0.3) is 11.1 Å². The highest BCUT2D eigenvalue weighted by atomic mass is 35.5. The Morgan fingerprint density at radius 3 is 2.95 bits per heavy atom. The molecule has 4 rings (SSSR count). The molecule has 1 fully saturated rings. The van der Waals surface area contributed by atoms with Gasteiger partial charge in [-0.25, -0.2) is 4.98 Å². The minimum atomic E-state index is 0.180. The van der Waals surface area contributed by atoms with Gasteiger partial charge in [0.1, 0.15) is 17.5 Å². The van der Waals surface area contributed by atoms with Crippen LogP contribution in [0.2, 0.25) is 5.15 Å². The van der Waals surface area contributed by atoms with E-state index in [0.29, 0.717) is 18.2 Å². The Balaban J connectivity index is 1.77. The lowest BCUT2D eigenvalue weighted by molar-refractivity contribution is -0.117. The number of hydrogen-bond donors (Lipinski definition) is 0. The highest BCUT2D eigenvalue weighted by Crippen LogP contribution is 2.40. The zero-order chi connectivity index (χ0) is 14.4. The van der Waals surface area contributed by atoms with Crippen LogP contribution < -0.4 is 9.64 Å². The molecule has 0 N–H and O–H groups in total. The third-order valence-corrected chi connectivity index (χ3v) is 4.19. The first-order valence-electron chi connectivity index (χ1n) is 6.94. The molecule has 2 aromatic rings. The quantitative estimate of drug-likeness (QED) is 0.758. The molecule has 5 heteroatoms. The molecule has 4 nitrogen and oxygen atoms in total. The first-order valence-corrected chi connectivity index (χ1v) is 7.32. The number of anilines is 1. The lowest BCUT2D eigenvalue weighted by atomic mass is 9.99. The van der Waals surface area contributed by atoms with Crippen LogP contribution in [0.1, 0.15) is 18.4 Å². The average molecular weight is 301 g/mol. The third kappa shape index (κ3) is 2.07. The molecular formula is C16H13ClN2O2. The van der Waals surface area contributed by atoms with Crippen LogP contribution in [0, 0.1) is 0 Å². The van der Waals surface area contributed by atoms with E-state index in [4.69, 9.17) is 16.3 Å². The number of hydrogen-bond acceptors (Lipinski definition) is 3. The summed E-state index contributed by atoms with van der Waals surface area (Å²) in [4.78, 5) is 17.8. The number of carbonyl (C=O) groups is 1. The van der Waals surface area contributed by atoms with Gasteiger partial charge in [-0.15, -0.1) is 0 Å². The van der Waals surface area contributed by atoms with E-state index in [1.807, 2.05) is 29.2 Å². The predicted octanol–water partition coefficient (Wildman–Crippen LogP) is 3.42. The van der Waals surface area contributed by atoms with Crippen molar-refractivity contribution in [3.63, 3.8) is 0 Å². The first kappa shape index (κ1) is 12.7. The van der Waals surface area contributed by atoms with Crippen molar-refractivity contribution < 1.29 is 9.53 Å². The second kappa shape index (κ2) is 4.74. The minimum Gasteiger partial charge on any atom is -0.488 e. The van der Waals surface area contributed by atoms with Crippen LogP contribution in [0.4, 0.5) is 5.69 Å². The summed E-state index contributed by atoms with van der Waals surface area (Å²) in [5.41, 5.74) is 3.98. The first-order chi connectivity index (χ1) is 10.2. The Kier molecular flexibility index (Phi) is 2.86. The maximum Gasteiger partial charge on any atom is 0.227 e. The molecule has 0 radical (unpaired) electrons. The highest BCUT2D eigenvalue weighted by Gasteiger charge is 2.24. The van der Waals surface area contributed by atoms with Gasteiger partial charge in [0.25, 0.3) is 0 Å². The maximum absolute atomic E-state index is 11.8. The monoisotopic (exact) mass is 300 g/mol. The largest absolute Gasteiger partial charge is 0.488 e. The van der Waals surface area contributed by atoms with Crippen LogP contribution in [-0.4, -0.2) is 17.4 Å². The fourth-order valence-electron chi connectivity index (χ4n) is 2.93. The number of aromatic nitrogens is 1. The predicted molar refractivity (Wildman–Crippen MR) is 80.6 cm³/mol. The van der Waals surface area contributed by atoms with E-state index >= 15 is 0 Å². The number of pyridine rings is 1. The lowest BCUT2D eigenvalue weighted by Gasteiger charge is -2.23. The van der Waals surface area contributed by atoms with Crippen molar-refractivity contribution in [2.24, 2.45) is 0 Å². The number of carbonyl (C=O) groups excluding carboxylic acids is 1. The van der Waals surface area contributed by atoms with Crippen LogP contribution in [0.5, 0.6) is 5.75 Å². The molecule has 2 aliphatic rings. The fraction of sp³-hybridized carbons (Fsp3) is 0.250. The number of rotatable bonds is 1. The van der Waals surface area contributed by atoms with Crippen LogP contribution >= 0.6 is 11.6 Å². The fourth-order valence-corrected chi connectivity index (χ4v) is 3.11. The van der Waals surface area contributed by atoms with Crippen LogP contribution in [-0.2, 0) is 11.4 Å². The summed E-state index contributed by atoms with van der Waals surface area (Å²) in [6, 6.07) is 7.73. The van der Waals surface area contributed by atoms with Crippen molar-refractivity contribution in [1.82, 2.24) is 4.98 Å². The van der Waals surface area contributed by atoms with Crippen LogP contribution in [0.15, 0.2) is 30.5 Å². The minimum absolute atomic E-state index is 0.180. The summed E-state index contributed by atoms with van der Waals surface area (Å²) in [7, 11) is 0. The maximum atomic E-state index is 11.8. The van der Waals surface area contributed by atoms with E-state index < -0.39 is 0 Å². The molecule has 0 saturated carbocycles. The Morgan fingerprint density at radius 1 is 1.24 bits per heavy atom. The molecule has 1 saturated heterocycles. The molecule has 3 heterocycles. The standard InChI is InChI=1S/C16H13ClN2O2/c17-15-6-10-9-21-14-7-11(19-5-1-2-16(19)20)3-4-12(14)13(10)8-18-15/h3-4,6-8H,1-2,5,9H2. The SMILES string of the molecule is O=C1CCCN1c1ccc2c(c1)OCc1cc(Cl)ncc1-2. The van der Waals surface area contributed by atoms with Gasteiger partial charge in [0.15, 0.2) is 0 Å². The lowest BCUT2D eigenvalue weighted by Crippen LogP contribution is -2.23. The van der Waals surface area contributed by atoms with Gasteiger partial charge in [-0.3, -0.25) is 4.79 Å². The molecule has 0 aliphatic carbocycles. The van der Waals surface area contributed by atoms with E-state index in [0.717, 1.165) is 41.1 Å². The molecule has 1 aromatic carbocycles. The van der Waals surface area contributed by atoms with Gasteiger partial charge in [0.05, 0.1) is 0 Å². The summed E-state index contributed by atoms with van der Waals surface area (Å²) < 4.78 is 5.82. The second-order valence-electron chi connectivity index (χ2n) is 5.28. The summed E-state index contributed by atoms with van der Waals surface area (Å²) in [5.74, 6) is 0.975. The normalized spacial score (nSPS) is 16.4. The van der Waals surface area contributed by atoms with Gasteiger partial charge in [-0.05, 0) is 24.6 Å². The summed E-state index contributed by atoms with van der Waals surface area (Å²) in [6.45, 7) is 1.26. The van der Waals surface area contributed by atoms with Crippen molar-refractivity contribution in [3.05, 3.63) is 41.2 Å². The number of halogens is 1. The Labute approximate surface area is 127 Å². The van der Waals surface area contributed by atoms with E-state index in [1.165, 1.54) is 0 Å². The molecule has 1 aromatic heterocycles. The topological polar surface area (TPSA) is 42.4 Å². The van der Waals surface area contributed by atoms with Crippen molar-refractivity contribution in [1.29, 1.82) is 0 Å². The Hall–Kier alpha value is -2.07. The van der Waals surface area contributed by atoms with Crippen LogP contribution in [0.3, 0.4) is 0 Å². The molecule has 106 valence electrons. The van der Waals surface area contributed by atoms with Gasteiger partial charge in [-0.1, -0.05) is 11.6 Å². The summed E-state index contributed by atoms with van der Waals surface area (Å²) >= 11 is 5.92. The molecular weight excluding hydrogens is 288 g/mol. The summed E-state index contributed by atoms with van der Waals surface area (Å²) in [5, 5.41) is 0.472. The van der Waals surface area contributed by atoms with Gasteiger partial charge >= 0.3 is 0 Å². The molecule has 0 bridgehead atoms. The second-order valence-corrected chi connectivity index (χ2v) is 5.67. The van der Waals surface area contributed by atoms with E-state index in [1.54, 1.807) is 6.20 Å². The van der Waals surface area contributed by atoms with Gasteiger partial charge in [0, 0.05) is 47.6 Å². The van der Waals surface area contributed by atoms with E-state index in [-0.39, 0.29) is 5.91 Å². The average Bonchev–Trinajstić information content (AvgIpc) is 2.92. The molecule has 0 unspecified atom stereocenters. The Bertz CT molecular complexity index is 745. The van der Waals surface area contributed by atoms with Crippen molar-refractivity contribution in [2.75, 3.05) is 11.4 Å². The van der Waals surface area contributed by atoms with Gasteiger partial charge < -0.3 is 9.64 Å². The van der Waals surface area contributed by atoms with Crippen molar-refractivity contribution in [3.8, 4) is 16.9 Å². The number of fused-ring (bicyclic) bond motifs is 3. The molecule has 0 spiro atoms. The number of amides is 1. The highest BCUT2D eigenvalue weighted by molar-refractivity contribution is 6.29. The number of ether oxygens (including phenoxy) is 1. The van der Waals surface area contributed by atoms with E-state index in [9.17, 15) is 4.79 Å². The third-order valence-electron chi connectivity index (χ3n) is 3.98. The zero-order valence-electron chi connectivity index (χ0n) is 11.3. The molecule has 21 heavy (non-hydrogen) atoms. The number of benzene rings is 1. The molecule has 0 atom stereocenters. The van der Waals surface area contributed by atoms with Gasteiger partial charge in [-0.2, -0.15) is 0 Å². The zero-order valence-corrected chi connectivity index (χ0v) is 12.1. The van der Waals surface area contributed by atoms with Crippen molar-refractivity contribution in [2.45, 2.75) is 19.4 Å². The number of nitrogens with zero attached hydrogens (tertiary/aromatic N) is 2. The molecule has 1 amide bonds.